The monoisotopic (exact) mass is 249 g/mol. The zero-order valence-corrected chi connectivity index (χ0v) is 10.4. The van der Waals surface area contributed by atoms with Crippen LogP contribution in [0.5, 0.6) is 0 Å². The van der Waals surface area contributed by atoms with Crippen LogP contribution in [-0.4, -0.2) is 9.97 Å². The predicted molar refractivity (Wildman–Crippen MR) is 81.0 cm³/mol. The number of para-hydroxylation sites is 2. The number of anilines is 1. The van der Waals surface area contributed by atoms with Crippen molar-refractivity contribution in [2.75, 3.05) is 5.73 Å². The molecule has 94 valence electrons. The summed E-state index contributed by atoms with van der Waals surface area (Å²) in [5.41, 5.74) is 8.87. The van der Waals surface area contributed by atoms with E-state index < -0.39 is 0 Å². The van der Waals surface area contributed by atoms with Gasteiger partial charge in [0.15, 0.2) is 0 Å². The first-order valence-corrected chi connectivity index (χ1v) is 6.19. The van der Waals surface area contributed by atoms with Gasteiger partial charge in [-0.15, -0.1) is 0 Å². The maximum Gasteiger partial charge on any atom is 0.0698 e. The normalized spacial score (nSPS) is 10.3. The fourth-order valence-corrected chi connectivity index (χ4v) is 2.17. The van der Waals surface area contributed by atoms with Crippen LogP contribution < -0.4 is 5.73 Å². The Balaban J connectivity index is 0.000000187. The first-order chi connectivity index (χ1) is 9.36. The SMILES string of the molecule is Nc1cccc2c1[nH]c1ccccc12.c1cc[nH]c1. The lowest BCUT2D eigenvalue weighted by molar-refractivity contribution is 1.42. The number of hydrogen-bond donors (Lipinski definition) is 3. The van der Waals surface area contributed by atoms with E-state index >= 15 is 0 Å². The van der Waals surface area contributed by atoms with Crippen molar-refractivity contribution in [3.8, 4) is 0 Å². The number of aromatic nitrogens is 2. The second-order valence-corrected chi connectivity index (χ2v) is 4.33. The minimum absolute atomic E-state index is 0.804. The number of nitrogens with two attached hydrogens (primary N) is 1. The molecule has 4 N–H and O–H groups in total. The molecular weight excluding hydrogens is 234 g/mol. The van der Waals surface area contributed by atoms with E-state index in [4.69, 9.17) is 5.73 Å². The molecule has 4 aromatic rings. The van der Waals surface area contributed by atoms with Crippen LogP contribution >= 0.6 is 0 Å². The highest BCUT2D eigenvalue weighted by Gasteiger charge is 2.04. The molecule has 3 nitrogen and oxygen atoms in total. The topological polar surface area (TPSA) is 57.6 Å². The fourth-order valence-electron chi connectivity index (χ4n) is 2.17. The highest BCUT2D eigenvalue weighted by molar-refractivity contribution is 6.10. The van der Waals surface area contributed by atoms with E-state index in [1.807, 2.05) is 48.8 Å². The maximum absolute atomic E-state index is 5.89. The van der Waals surface area contributed by atoms with Gasteiger partial charge in [0.1, 0.15) is 0 Å². The molecule has 4 rings (SSSR count). The van der Waals surface area contributed by atoms with Crippen LogP contribution in [0.2, 0.25) is 0 Å². The molecule has 0 radical (unpaired) electrons. The van der Waals surface area contributed by atoms with Crippen molar-refractivity contribution in [2.45, 2.75) is 0 Å². The number of fused-ring (bicyclic) bond motifs is 3. The van der Waals surface area contributed by atoms with E-state index in [2.05, 4.69) is 28.2 Å². The van der Waals surface area contributed by atoms with Crippen LogP contribution in [0.1, 0.15) is 0 Å². The van der Waals surface area contributed by atoms with Gasteiger partial charge in [0.2, 0.25) is 0 Å². The molecule has 0 fully saturated rings. The lowest BCUT2D eigenvalue weighted by Crippen LogP contribution is -1.84. The van der Waals surface area contributed by atoms with Crippen LogP contribution in [0.25, 0.3) is 21.8 Å². The molecule has 0 aliphatic carbocycles. The van der Waals surface area contributed by atoms with E-state index in [1.165, 1.54) is 10.8 Å². The maximum atomic E-state index is 5.89. The fraction of sp³-hybridized carbons (Fsp3) is 0. The summed E-state index contributed by atoms with van der Waals surface area (Å²) in [4.78, 5) is 6.18. The summed E-state index contributed by atoms with van der Waals surface area (Å²) in [7, 11) is 0. The Morgan fingerprint density at radius 3 is 2.21 bits per heavy atom. The van der Waals surface area contributed by atoms with Crippen molar-refractivity contribution >= 4 is 27.5 Å². The van der Waals surface area contributed by atoms with Gasteiger partial charge in [-0.1, -0.05) is 30.3 Å². The molecule has 2 heterocycles. The molecule has 0 spiro atoms. The standard InChI is InChI=1S/C12H10N2.C4H5N/c13-10-6-3-5-9-8-4-1-2-7-11(8)14-12(9)10;1-2-4-5-3-1/h1-7,14H,13H2;1-5H. The van der Waals surface area contributed by atoms with E-state index in [1.54, 1.807) is 0 Å². The average molecular weight is 249 g/mol. The van der Waals surface area contributed by atoms with E-state index in [-0.39, 0.29) is 0 Å². The molecule has 0 atom stereocenters. The summed E-state index contributed by atoms with van der Waals surface area (Å²) < 4.78 is 0. The number of nitrogen functional groups attached to an aromatic ring is 1. The Morgan fingerprint density at radius 2 is 1.47 bits per heavy atom. The molecule has 0 amide bonds. The quantitative estimate of drug-likeness (QED) is 0.406. The third kappa shape index (κ3) is 2.18. The lowest BCUT2D eigenvalue weighted by Gasteiger charge is -1.93. The number of rotatable bonds is 0. The summed E-state index contributed by atoms with van der Waals surface area (Å²) in [6.07, 6.45) is 3.75. The zero-order chi connectivity index (χ0) is 13.1. The van der Waals surface area contributed by atoms with Gasteiger partial charge in [-0.3, -0.25) is 0 Å². The van der Waals surface area contributed by atoms with Gasteiger partial charge in [-0.2, -0.15) is 0 Å². The molecule has 2 aromatic heterocycles. The highest BCUT2D eigenvalue weighted by Crippen LogP contribution is 2.28. The Kier molecular flexibility index (Phi) is 2.94. The molecule has 0 aliphatic rings. The highest BCUT2D eigenvalue weighted by atomic mass is 14.7. The van der Waals surface area contributed by atoms with Crippen LogP contribution in [0.3, 0.4) is 0 Å². The molecule has 19 heavy (non-hydrogen) atoms. The predicted octanol–water partition coefficient (Wildman–Crippen LogP) is 3.92. The zero-order valence-electron chi connectivity index (χ0n) is 10.4. The second kappa shape index (κ2) is 4.90. The number of aromatic amines is 2. The van der Waals surface area contributed by atoms with Crippen molar-refractivity contribution in [3.63, 3.8) is 0 Å². The van der Waals surface area contributed by atoms with E-state index in [0.717, 1.165) is 16.7 Å². The molecule has 0 saturated carbocycles. The van der Waals surface area contributed by atoms with Gasteiger partial charge in [0.05, 0.1) is 11.2 Å². The van der Waals surface area contributed by atoms with Crippen LogP contribution in [0, 0.1) is 0 Å². The Morgan fingerprint density at radius 1 is 0.737 bits per heavy atom. The largest absolute Gasteiger partial charge is 0.397 e. The number of hydrogen-bond acceptors (Lipinski definition) is 1. The van der Waals surface area contributed by atoms with Gasteiger partial charge >= 0.3 is 0 Å². The van der Waals surface area contributed by atoms with Gasteiger partial charge < -0.3 is 15.7 Å². The molecule has 2 aromatic carbocycles. The van der Waals surface area contributed by atoms with Gasteiger partial charge in [0, 0.05) is 28.7 Å². The Labute approximate surface area is 111 Å². The van der Waals surface area contributed by atoms with Crippen molar-refractivity contribution in [3.05, 3.63) is 67.0 Å². The molecule has 0 aliphatic heterocycles. The van der Waals surface area contributed by atoms with Crippen molar-refractivity contribution in [2.24, 2.45) is 0 Å². The first kappa shape index (κ1) is 11.4. The molecule has 0 unspecified atom stereocenters. The Bertz CT molecular complexity index is 765. The summed E-state index contributed by atoms with van der Waals surface area (Å²) in [6, 6.07) is 18.1. The minimum Gasteiger partial charge on any atom is -0.397 e. The molecule has 0 bridgehead atoms. The third-order valence-corrected chi connectivity index (χ3v) is 3.07. The number of H-pyrrole nitrogens is 2. The third-order valence-electron chi connectivity index (χ3n) is 3.07. The molecule has 3 heteroatoms. The first-order valence-electron chi connectivity index (χ1n) is 6.19. The van der Waals surface area contributed by atoms with Gasteiger partial charge in [-0.25, -0.2) is 0 Å². The summed E-state index contributed by atoms with van der Waals surface area (Å²) in [5.74, 6) is 0. The van der Waals surface area contributed by atoms with Crippen molar-refractivity contribution in [1.82, 2.24) is 9.97 Å². The van der Waals surface area contributed by atoms with E-state index in [0.29, 0.717) is 0 Å². The van der Waals surface area contributed by atoms with Gasteiger partial charge in [0.25, 0.3) is 0 Å². The van der Waals surface area contributed by atoms with Crippen molar-refractivity contribution in [1.29, 1.82) is 0 Å². The second-order valence-electron chi connectivity index (χ2n) is 4.33. The minimum atomic E-state index is 0.804. The van der Waals surface area contributed by atoms with Gasteiger partial charge in [-0.05, 0) is 24.3 Å². The van der Waals surface area contributed by atoms with Crippen molar-refractivity contribution < 1.29 is 0 Å². The summed E-state index contributed by atoms with van der Waals surface area (Å²) in [5, 5.41) is 2.43. The van der Waals surface area contributed by atoms with E-state index in [9.17, 15) is 0 Å². The molecular formula is C16H15N3. The average Bonchev–Trinajstić information content (AvgIpc) is 3.10. The lowest BCUT2D eigenvalue weighted by atomic mass is 10.1. The summed E-state index contributed by atoms with van der Waals surface area (Å²) in [6.45, 7) is 0. The van der Waals surface area contributed by atoms with Crippen LogP contribution in [-0.2, 0) is 0 Å². The number of benzene rings is 2. The Hall–Kier alpha value is -2.68. The smallest absolute Gasteiger partial charge is 0.0698 e. The molecule has 0 saturated heterocycles. The summed E-state index contributed by atoms with van der Waals surface area (Å²) >= 11 is 0. The van der Waals surface area contributed by atoms with Crippen LogP contribution in [0.4, 0.5) is 5.69 Å². The number of nitrogens with one attached hydrogen (secondary N) is 2. The van der Waals surface area contributed by atoms with Crippen LogP contribution in [0.15, 0.2) is 67.0 Å².